The molecule has 0 spiro atoms. The number of amides is 1. The summed E-state index contributed by atoms with van der Waals surface area (Å²) in [7, 11) is 1.28. The monoisotopic (exact) mass is 288 g/mol. The van der Waals surface area contributed by atoms with E-state index in [2.05, 4.69) is 15.2 Å². The highest BCUT2D eigenvalue weighted by molar-refractivity contribution is 6.05. The van der Waals surface area contributed by atoms with Crippen LogP contribution in [0.1, 0.15) is 32.2 Å². The zero-order valence-corrected chi connectivity index (χ0v) is 11.9. The second-order valence-electron chi connectivity index (χ2n) is 4.48. The molecule has 0 saturated heterocycles. The lowest BCUT2D eigenvalue weighted by Crippen LogP contribution is -2.27. The van der Waals surface area contributed by atoms with Gasteiger partial charge in [-0.3, -0.25) is 4.79 Å². The van der Waals surface area contributed by atoms with Crippen LogP contribution in [-0.2, 0) is 11.2 Å². The SMILES string of the molecule is COC(=O)c1ccccc1C(=O)NCCc1cc(C)no1. The number of benzene rings is 1. The van der Waals surface area contributed by atoms with Crippen LogP contribution in [0.5, 0.6) is 0 Å². The molecule has 21 heavy (non-hydrogen) atoms. The van der Waals surface area contributed by atoms with Crippen molar-refractivity contribution in [1.82, 2.24) is 10.5 Å². The van der Waals surface area contributed by atoms with Gasteiger partial charge in [0.15, 0.2) is 0 Å². The van der Waals surface area contributed by atoms with Gasteiger partial charge in [-0.2, -0.15) is 0 Å². The summed E-state index contributed by atoms with van der Waals surface area (Å²) in [6, 6.07) is 8.33. The number of carbonyl (C=O) groups excluding carboxylic acids is 2. The molecule has 110 valence electrons. The van der Waals surface area contributed by atoms with Gasteiger partial charge in [0.25, 0.3) is 5.91 Å². The van der Waals surface area contributed by atoms with Gasteiger partial charge in [0.2, 0.25) is 0 Å². The first-order valence-electron chi connectivity index (χ1n) is 6.49. The number of esters is 1. The minimum Gasteiger partial charge on any atom is -0.465 e. The fourth-order valence-corrected chi connectivity index (χ4v) is 1.90. The third-order valence-electron chi connectivity index (χ3n) is 2.91. The van der Waals surface area contributed by atoms with Crippen LogP contribution >= 0.6 is 0 Å². The van der Waals surface area contributed by atoms with Gasteiger partial charge in [-0.05, 0) is 19.1 Å². The Labute approximate surface area is 122 Å². The topological polar surface area (TPSA) is 81.4 Å². The Hall–Kier alpha value is -2.63. The van der Waals surface area contributed by atoms with Crippen LogP contribution < -0.4 is 5.32 Å². The summed E-state index contributed by atoms with van der Waals surface area (Å²) in [5, 5.41) is 6.51. The molecule has 0 saturated carbocycles. The second kappa shape index (κ2) is 6.69. The van der Waals surface area contributed by atoms with E-state index in [1.165, 1.54) is 7.11 Å². The molecule has 0 atom stereocenters. The van der Waals surface area contributed by atoms with Gasteiger partial charge in [-0.15, -0.1) is 0 Å². The molecule has 1 heterocycles. The van der Waals surface area contributed by atoms with Crippen molar-refractivity contribution in [2.24, 2.45) is 0 Å². The number of hydrogen-bond donors (Lipinski definition) is 1. The highest BCUT2D eigenvalue weighted by Crippen LogP contribution is 2.10. The van der Waals surface area contributed by atoms with Crippen molar-refractivity contribution in [2.75, 3.05) is 13.7 Å². The Morgan fingerprint density at radius 3 is 2.62 bits per heavy atom. The first kappa shape index (κ1) is 14.8. The predicted octanol–water partition coefficient (Wildman–Crippen LogP) is 1.74. The van der Waals surface area contributed by atoms with Crippen molar-refractivity contribution < 1.29 is 18.8 Å². The number of hydrogen-bond acceptors (Lipinski definition) is 5. The van der Waals surface area contributed by atoms with E-state index < -0.39 is 5.97 Å². The molecule has 1 aromatic heterocycles. The number of methoxy groups -OCH3 is 1. The van der Waals surface area contributed by atoms with E-state index >= 15 is 0 Å². The number of nitrogens with zero attached hydrogens (tertiary/aromatic N) is 1. The number of carbonyl (C=O) groups is 2. The van der Waals surface area contributed by atoms with E-state index in [9.17, 15) is 9.59 Å². The average molecular weight is 288 g/mol. The molecule has 6 heteroatoms. The Morgan fingerprint density at radius 2 is 2.00 bits per heavy atom. The Balaban J connectivity index is 1.99. The Kier molecular flexibility index (Phi) is 4.71. The molecule has 0 aliphatic carbocycles. The third kappa shape index (κ3) is 3.68. The highest BCUT2D eigenvalue weighted by Gasteiger charge is 2.16. The number of ether oxygens (including phenoxy) is 1. The van der Waals surface area contributed by atoms with Gasteiger partial charge in [0.05, 0.1) is 23.9 Å². The van der Waals surface area contributed by atoms with Gasteiger partial charge >= 0.3 is 5.97 Å². The molecule has 2 aromatic rings. The minimum atomic E-state index is -0.536. The van der Waals surface area contributed by atoms with Crippen molar-refractivity contribution in [2.45, 2.75) is 13.3 Å². The molecular formula is C15H16N2O4. The van der Waals surface area contributed by atoms with Crippen molar-refractivity contribution >= 4 is 11.9 Å². The van der Waals surface area contributed by atoms with E-state index in [1.54, 1.807) is 24.3 Å². The van der Waals surface area contributed by atoms with Gasteiger partial charge < -0.3 is 14.6 Å². The molecule has 6 nitrogen and oxygen atoms in total. The van der Waals surface area contributed by atoms with Crippen molar-refractivity contribution in [3.63, 3.8) is 0 Å². The fourth-order valence-electron chi connectivity index (χ4n) is 1.90. The van der Waals surface area contributed by atoms with Crippen LogP contribution in [0, 0.1) is 6.92 Å². The first-order chi connectivity index (χ1) is 10.1. The van der Waals surface area contributed by atoms with Crippen LogP contribution in [0.3, 0.4) is 0 Å². The van der Waals surface area contributed by atoms with Crippen LogP contribution in [0.15, 0.2) is 34.9 Å². The maximum Gasteiger partial charge on any atom is 0.338 e. The molecule has 1 aromatic carbocycles. The molecule has 0 unspecified atom stereocenters. The van der Waals surface area contributed by atoms with E-state index in [0.717, 1.165) is 5.69 Å². The Morgan fingerprint density at radius 1 is 1.29 bits per heavy atom. The van der Waals surface area contributed by atoms with Crippen LogP contribution in [0.2, 0.25) is 0 Å². The molecule has 0 bridgehead atoms. The van der Waals surface area contributed by atoms with Crippen LogP contribution in [0.4, 0.5) is 0 Å². The van der Waals surface area contributed by atoms with Gasteiger partial charge in [-0.1, -0.05) is 17.3 Å². The number of rotatable bonds is 5. The van der Waals surface area contributed by atoms with E-state index in [4.69, 9.17) is 4.52 Å². The zero-order chi connectivity index (χ0) is 15.2. The largest absolute Gasteiger partial charge is 0.465 e. The summed E-state index contributed by atoms with van der Waals surface area (Å²) in [4.78, 5) is 23.7. The minimum absolute atomic E-state index is 0.244. The lowest BCUT2D eigenvalue weighted by Gasteiger charge is -2.08. The fraction of sp³-hybridized carbons (Fsp3) is 0.267. The maximum absolute atomic E-state index is 12.1. The van der Waals surface area contributed by atoms with Crippen molar-refractivity contribution in [3.05, 3.63) is 52.9 Å². The molecular weight excluding hydrogens is 272 g/mol. The van der Waals surface area contributed by atoms with Crippen LogP contribution in [0.25, 0.3) is 0 Å². The zero-order valence-electron chi connectivity index (χ0n) is 11.9. The van der Waals surface area contributed by atoms with Gasteiger partial charge in [-0.25, -0.2) is 4.79 Å². The smallest absolute Gasteiger partial charge is 0.338 e. The first-order valence-corrected chi connectivity index (χ1v) is 6.49. The molecule has 2 rings (SSSR count). The highest BCUT2D eigenvalue weighted by atomic mass is 16.5. The normalized spacial score (nSPS) is 10.2. The van der Waals surface area contributed by atoms with E-state index in [-0.39, 0.29) is 17.0 Å². The Bertz CT molecular complexity index is 649. The molecule has 1 N–H and O–H groups in total. The summed E-state index contributed by atoms with van der Waals surface area (Å²) >= 11 is 0. The lowest BCUT2D eigenvalue weighted by atomic mass is 10.1. The average Bonchev–Trinajstić information content (AvgIpc) is 2.91. The molecule has 0 aliphatic rings. The quantitative estimate of drug-likeness (QED) is 0.847. The van der Waals surface area contributed by atoms with Crippen molar-refractivity contribution in [1.29, 1.82) is 0 Å². The van der Waals surface area contributed by atoms with Crippen molar-refractivity contribution in [3.8, 4) is 0 Å². The number of aryl methyl sites for hydroxylation is 1. The van der Waals surface area contributed by atoms with E-state index in [0.29, 0.717) is 18.7 Å². The second-order valence-corrected chi connectivity index (χ2v) is 4.48. The molecule has 1 amide bonds. The summed E-state index contributed by atoms with van der Waals surface area (Å²) in [6.45, 7) is 2.22. The summed E-state index contributed by atoms with van der Waals surface area (Å²) < 4.78 is 9.72. The lowest BCUT2D eigenvalue weighted by molar-refractivity contribution is 0.0596. The molecule has 0 radical (unpaired) electrons. The summed E-state index contributed by atoms with van der Waals surface area (Å²) in [5.41, 5.74) is 1.33. The predicted molar refractivity (Wildman–Crippen MR) is 75.1 cm³/mol. The summed E-state index contributed by atoms with van der Waals surface area (Å²) in [5.74, 6) is -0.159. The third-order valence-corrected chi connectivity index (χ3v) is 2.91. The number of nitrogens with one attached hydrogen (secondary N) is 1. The van der Waals surface area contributed by atoms with Gasteiger partial charge in [0.1, 0.15) is 5.76 Å². The standard InChI is InChI=1S/C15H16N2O4/c1-10-9-11(21-17-10)7-8-16-14(18)12-5-3-4-6-13(12)15(19)20-2/h3-6,9H,7-8H2,1-2H3,(H,16,18). The van der Waals surface area contributed by atoms with Gasteiger partial charge in [0, 0.05) is 19.0 Å². The summed E-state index contributed by atoms with van der Waals surface area (Å²) in [6.07, 6.45) is 0.535. The molecule has 0 aliphatic heterocycles. The maximum atomic E-state index is 12.1. The number of aromatic nitrogens is 1. The van der Waals surface area contributed by atoms with E-state index in [1.807, 2.05) is 13.0 Å². The van der Waals surface area contributed by atoms with Crippen LogP contribution in [-0.4, -0.2) is 30.7 Å². The molecule has 0 fully saturated rings.